The SMILES string of the molecule is CC(C(=O)O)S(=O)(=O)Nc1cccc2c(O)cccc12. The van der Waals surface area contributed by atoms with Gasteiger partial charge < -0.3 is 10.2 Å². The van der Waals surface area contributed by atoms with Gasteiger partial charge in [-0.05, 0) is 19.1 Å². The van der Waals surface area contributed by atoms with Crippen LogP contribution >= 0.6 is 0 Å². The van der Waals surface area contributed by atoms with Gasteiger partial charge in [-0.25, -0.2) is 8.42 Å². The molecule has 106 valence electrons. The van der Waals surface area contributed by atoms with Crippen LogP contribution in [0.3, 0.4) is 0 Å². The Labute approximate surface area is 115 Å². The third-order valence-corrected chi connectivity index (χ3v) is 4.60. The first-order chi connectivity index (χ1) is 9.33. The molecule has 3 N–H and O–H groups in total. The molecule has 1 unspecified atom stereocenters. The maximum Gasteiger partial charge on any atom is 0.323 e. The number of nitrogens with one attached hydrogen (secondary N) is 1. The van der Waals surface area contributed by atoms with E-state index >= 15 is 0 Å². The molecule has 1 atom stereocenters. The summed E-state index contributed by atoms with van der Waals surface area (Å²) in [6.45, 7) is 1.09. The van der Waals surface area contributed by atoms with Crippen molar-refractivity contribution in [3.63, 3.8) is 0 Å². The summed E-state index contributed by atoms with van der Waals surface area (Å²) in [5.41, 5.74) is 0.228. The van der Waals surface area contributed by atoms with E-state index in [0.29, 0.717) is 10.8 Å². The molecule has 0 amide bonds. The van der Waals surface area contributed by atoms with Crippen LogP contribution in [0.15, 0.2) is 36.4 Å². The number of hydrogen-bond acceptors (Lipinski definition) is 4. The van der Waals surface area contributed by atoms with Gasteiger partial charge in [0.05, 0.1) is 5.69 Å². The third-order valence-electron chi connectivity index (χ3n) is 2.96. The minimum absolute atomic E-state index is 0.0230. The fourth-order valence-corrected chi connectivity index (χ4v) is 2.68. The molecular formula is C13H13NO5S. The fourth-order valence-electron chi connectivity index (χ4n) is 1.76. The molecule has 0 aliphatic rings. The molecular weight excluding hydrogens is 282 g/mol. The van der Waals surface area contributed by atoms with E-state index in [2.05, 4.69) is 4.72 Å². The number of aromatic hydroxyl groups is 1. The second kappa shape index (κ2) is 5.01. The molecule has 0 heterocycles. The Hall–Kier alpha value is -2.28. The molecule has 0 bridgehead atoms. The number of carboxylic acid groups (broad SMARTS) is 1. The minimum Gasteiger partial charge on any atom is -0.507 e. The van der Waals surface area contributed by atoms with Crippen molar-refractivity contribution in [1.29, 1.82) is 0 Å². The maximum absolute atomic E-state index is 11.9. The zero-order valence-corrected chi connectivity index (χ0v) is 11.4. The molecule has 2 rings (SSSR count). The van der Waals surface area contributed by atoms with E-state index in [4.69, 9.17) is 5.11 Å². The Morgan fingerprint density at radius 1 is 1.15 bits per heavy atom. The van der Waals surface area contributed by atoms with Crippen molar-refractivity contribution in [2.45, 2.75) is 12.2 Å². The van der Waals surface area contributed by atoms with Crippen molar-refractivity contribution in [3.05, 3.63) is 36.4 Å². The normalized spacial score (nSPS) is 13.1. The molecule has 7 heteroatoms. The number of anilines is 1. The van der Waals surface area contributed by atoms with Crippen molar-refractivity contribution in [3.8, 4) is 5.75 Å². The Morgan fingerprint density at radius 3 is 2.40 bits per heavy atom. The number of carboxylic acids is 1. The predicted octanol–water partition coefficient (Wildman–Crippen LogP) is 1.76. The molecule has 0 aliphatic heterocycles. The first kappa shape index (κ1) is 14.1. The monoisotopic (exact) mass is 295 g/mol. The highest BCUT2D eigenvalue weighted by Gasteiger charge is 2.28. The maximum atomic E-state index is 11.9. The molecule has 0 saturated heterocycles. The molecule has 0 spiro atoms. The summed E-state index contributed by atoms with van der Waals surface area (Å²) >= 11 is 0. The number of benzene rings is 2. The highest BCUT2D eigenvalue weighted by molar-refractivity contribution is 7.94. The van der Waals surface area contributed by atoms with E-state index < -0.39 is 21.2 Å². The van der Waals surface area contributed by atoms with E-state index in [0.717, 1.165) is 6.92 Å². The van der Waals surface area contributed by atoms with E-state index in [1.54, 1.807) is 24.3 Å². The summed E-state index contributed by atoms with van der Waals surface area (Å²) in [7, 11) is -4.05. The molecule has 0 fully saturated rings. The van der Waals surface area contributed by atoms with Crippen molar-refractivity contribution >= 4 is 32.5 Å². The van der Waals surface area contributed by atoms with Gasteiger partial charge in [-0.15, -0.1) is 0 Å². The average Bonchev–Trinajstić information content (AvgIpc) is 2.38. The standard InChI is InChI=1S/C13H13NO5S/c1-8(13(16)17)20(18,19)14-11-6-2-5-10-9(11)4-3-7-12(10)15/h2-8,14-15H,1H3,(H,16,17). The Kier molecular flexibility index (Phi) is 3.54. The van der Waals surface area contributed by atoms with Crippen molar-refractivity contribution in [2.75, 3.05) is 4.72 Å². The fraction of sp³-hybridized carbons (Fsp3) is 0.154. The zero-order valence-electron chi connectivity index (χ0n) is 10.6. The number of sulfonamides is 1. The number of phenolic OH excluding ortho intramolecular Hbond substituents is 1. The molecule has 6 nitrogen and oxygen atoms in total. The van der Waals surface area contributed by atoms with Crippen LogP contribution in [-0.4, -0.2) is 29.9 Å². The number of fused-ring (bicyclic) bond motifs is 1. The topological polar surface area (TPSA) is 104 Å². The highest BCUT2D eigenvalue weighted by Crippen LogP contribution is 2.30. The second-order valence-corrected chi connectivity index (χ2v) is 6.31. The van der Waals surface area contributed by atoms with Crippen LogP contribution in [0, 0.1) is 0 Å². The van der Waals surface area contributed by atoms with E-state index in [-0.39, 0.29) is 11.4 Å². The average molecular weight is 295 g/mol. The van der Waals surface area contributed by atoms with Gasteiger partial charge >= 0.3 is 5.97 Å². The van der Waals surface area contributed by atoms with E-state index in [9.17, 15) is 18.3 Å². The number of rotatable bonds is 4. The van der Waals surface area contributed by atoms with Crippen LogP contribution in [0.5, 0.6) is 5.75 Å². The lowest BCUT2D eigenvalue weighted by Crippen LogP contribution is -2.32. The van der Waals surface area contributed by atoms with Gasteiger partial charge in [-0.1, -0.05) is 24.3 Å². The Morgan fingerprint density at radius 2 is 1.75 bits per heavy atom. The third kappa shape index (κ3) is 2.53. The lowest BCUT2D eigenvalue weighted by molar-refractivity contribution is -0.136. The summed E-state index contributed by atoms with van der Waals surface area (Å²) in [5, 5.41) is 17.9. The molecule has 0 radical (unpaired) electrons. The first-order valence-corrected chi connectivity index (χ1v) is 7.32. The summed E-state index contributed by atoms with van der Waals surface area (Å²) in [6, 6.07) is 9.43. The van der Waals surface area contributed by atoms with Crippen LogP contribution in [0.2, 0.25) is 0 Å². The highest BCUT2D eigenvalue weighted by atomic mass is 32.2. The Bertz CT molecular complexity index is 769. The van der Waals surface area contributed by atoms with Crippen molar-refractivity contribution in [1.82, 2.24) is 0 Å². The first-order valence-electron chi connectivity index (χ1n) is 5.78. The zero-order chi connectivity index (χ0) is 14.9. The van der Waals surface area contributed by atoms with Crippen LogP contribution in [0.25, 0.3) is 10.8 Å². The molecule has 0 aromatic heterocycles. The Balaban J connectivity index is 2.50. The molecule has 0 saturated carbocycles. The van der Waals surface area contributed by atoms with Gasteiger partial charge in [-0.2, -0.15) is 0 Å². The number of carbonyl (C=O) groups is 1. The van der Waals surface area contributed by atoms with Crippen LogP contribution in [-0.2, 0) is 14.8 Å². The van der Waals surface area contributed by atoms with Crippen LogP contribution < -0.4 is 4.72 Å². The van der Waals surface area contributed by atoms with Gasteiger partial charge in [-0.3, -0.25) is 9.52 Å². The lowest BCUT2D eigenvalue weighted by Gasteiger charge is -2.13. The lowest BCUT2D eigenvalue weighted by atomic mass is 10.1. The predicted molar refractivity (Wildman–Crippen MR) is 75.3 cm³/mol. The van der Waals surface area contributed by atoms with Gasteiger partial charge in [0.15, 0.2) is 5.25 Å². The quantitative estimate of drug-likeness (QED) is 0.797. The molecule has 2 aromatic rings. The van der Waals surface area contributed by atoms with E-state index in [1.807, 2.05) is 0 Å². The second-order valence-electron chi connectivity index (χ2n) is 4.31. The number of hydrogen-bond donors (Lipinski definition) is 3. The summed E-state index contributed by atoms with van der Waals surface area (Å²) in [5.74, 6) is -1.41. The minimum atomic E-state index is -4.05. The molecule has 0 aliphatic carbocycles. The van der Waals surface area contributed by atoms with Gasteiger partial charge in [0, 0.05) is 10.8 Å². The summed E-state index contributed by atoms with van der Waals surface area (Å²) < 4.78 is 26.1. The van der Waals surface area contributed by atoms with Crippen molar-refractivity contribution < 1.29 is 23.4 Å². The van der Waals surface area contributed by atoms with Gasteiger partial charge in [0.2, 0.25) is 10.0 Å². The molecule has 20 heavy (non-hydrogen) atoms. The van der Waals surface area contributed by atoms with Crippen LogP contribution in [0.1, 0.15) is 6.92 Å². The van der Waals surface area contributed by atoms with Crippen molar-refractivity contribution in [2.24, 2.45) is 0 Å². The number of aliphatic carboxylic acids is 1. The number of phenols is 1. The largest absolute Gasteiger partial charge is 0.507 e. The smallest absolute Gasteiger partial charge is 0.323 e. The van der Waals surface area contributed by atoms with Gasteiger partial charge in [0.25, 0.3) is 0 Å². The van der Waals surface area contributed by atoms with Gasteiger partial charge in [0.1, 0.15) is 5.75 Å². The molecule has 2 aromatic carbocycles. The summed E-state index contributed by atoms with van der Waals surface area (Å²) in [6.07, 6.45) is 0. The van der Waals surface area contributed by atoms with Crippen LogP contribution in [0.4, 0.5) is 5.69 Å². The summed E-state index contributed by atoms with van der Waals surface area (Å²) in [4.78, 5) is 10.8. The van der Waals surface area contributed by atoms with E-state index in [1.165, 1.54) is 12.1 Å².